The van der Waals surface area contributed by atoms with Crippen LogP contribution in [0, 0.1) is 11.3 Å². The lowest BCUT2D eigenvalue weighted by Crippen LogP contribution is -2.46. The SMILES string of the molecule is N#Cc1ccc(N2CCN(CCCCl)CC2)cc1. The number of hydrogen-bond donors (Lipinski definition) is 0. The minimum absolute atomic E-state index is 0.722. The number of nitriles is 1. The molecule has 0 aromatic heterocycles. The molecule has 3 nitrogen and oxygen atoms in total. The summed E-state index contributed by atoms with van der Waals surface area (Å²) < 4.78 is 0. The first-order valence-electron chi connectivity index (χ1n) is 6.37. The number of piperazine rings is 1. The normalized spacial score (nSPS) is 16.6. The predicted octanol–water partition coefficient (Wildman–Crippen LogP) is 2.31. The van der Waals surface area contributed by atoms with Crippen LogP contribution in [0.5, 0.6) is 0 Å². The number of halogens is 1. The highest BCUT2D eigenvalue weighted by molar-refractivity contribution is 6.17. The molecule has 0 atom stereocenters. The van der Waals surface area contributed by atoms with Crippen molar-refractivity contribution in [2.45, 2.75) is 6.42 Å². The lowest BCUT2D eigenvalue weighted by Gasteiger charge is -2.36. The number of anilines is 1. The fourth-order valence-electron chi connectivity index (χ4n) is 2.26. The van der Waals surface area contributed by atoms with Crippen molar-refractivity contribution in [3.63, 3.8) is 0 Å². The van der Waals surface area contributed by atoms with Gasteiger partial charge in [-0.05, 0) is 37.2 Å². The van der Waals surface area contributed by atoms with E-state index in [9.17, 15) is 0 Å². The van der Waals surface area contributed by atoms with Crippen molar-refractivity contribution < 1.29 is 0 Å². The Bertz CT molecular complexity index is 402. The van der Waals surface area contributed by atoms with E-state index in [1.165, 1.54) is 5.69 Å². The second kappa shape index (κ2) is 6.63. The van der Waals surface area contributed by atoms with Gasteiger partial charge in [-0.15, -0.1) is 11.6 Å². The number of alkyl halides is 1. The van der Waals surface area contributed by atoms with E-state index in [0.29, 0.717) is 0 Å². The molecule has 4 heteroatoms. The summed E-state index contributed by atoms with van der Waals surface area (Å²) in [7, 11) is 0. The number of hydrogen-bond acceptors (Lipinski definition) is 3. The van der Waals surface area contributed by atoms with Gasteiger partial charge in [-0.2, -0.15) is 5.26 Å². The Morgan fingerprint density at radius 2 is 1.78 bits per heavy atom. The number of nitrogens with zero attached hydrogens (tertiary/aromatic N) is 3. The Morgan fingerprint density at radius 1 is 1.11 bits per heavy atom. The van der Waals surface area contributed by atoms with Crippen LogP contribution in [0.2, 0.25) is 0 Å². The molecule has 0 bridgehead atoms. The van der Waals surface area contributed by atoms with Crippen LogP contribution in [0.15, 0.2) is 24.3 Å². The minimum atomic E-state index is 0.722. The van der Waals surface area contributed by atoms with E-state index in [0.717, 1.165) is 50.6 Å². The van der Waals surface area contributed by atoms with Gasteiger partial charge in [0.1, 0.15) is 0 Å². The largest absolute Gasteiger partial charge is 0.369 e. The lowest BCUT2D eigenvalue weighted by molar-refractivity contribution is 0.259. The quantitative estimate of drug-likeness (QED) is 0.781. The summed E-state index contributed by atoms with van der Waals surface area (Å²) in [5.41, 5.74) is 1.94. The molecular formula is C14H18ClN3. The van der Waals surface area contributed by atoms with Gasteiger partial charge < -0.3 is 4.90 Å². The second-order valence-electron chi connectivity index (χ2n) is 4.53. The van der Waals surface area contributed by atoms with E-state index in [4.69, 9.17) is 16.9 Å². The van der Waals surface area contributed by atoms with Crippen molar-refractivity contribution in [3.05, 3.63) is 29.8 Å². The van der Waals surface area contributed by atoms with Crippen LogP contribution in [0.3, 0.4) is 0 Å². The number of rotatable bonds is 4. The van der Waals surface area contributed by atoms with Gasteiger partial charge in [-0.1, -0.05) is 0 Å². The van der Waals surface area contributed by atoms with Crippen molar-refractivity contribution in [2.24, 2.45) is 0 Å². The summed E-state index contributed by atoms with van der Waals surface area (Å²) >= 11 is 5.71. The van der Waals surface area contributed by atoms with E-state index >= 15 is 0 Å². The molecule has 0 amide bonds. The molecule has 0 aliphatic carbocycles. The van der Waals surface area contributed by atoms with Crippen molar-refractivity contribution in [1.82, 2.24) is 4.90 Å². The topological polar surface area (TPSA) is 30.3 Å². The molecule has 96 valence electrons. The Hall–Kier alpha value is -1.24. The molecule has 0 unspecified atom stereocenters. The molecule has 1 heterocycles. The van der Waals surface area contributed by atoms with Gasteiger partial charge in [0.25, 0.3) is 0 Å². The lowest BCUT2D eigenvalue weighted by atomic mass is 10.2. The third-order valence-electron chi connectivity index (χ3n) is 3.34. The molecule has 1 aliphatic rings. The van der Waals surface area contributed by atoms with E-state index in [2.05, 4.69) is 15.9 Å². The summed E-state index contributed by atoms with van der Waals surface area (Å²) in [5, 5.41) is 8.77. The van der Waals surface area contributed by atoms with Crippen LogP contribution in [0.1, 0.15) is 12.0 Å². The van der Waals surface area contributed by atoms with Crippen molar-refractivity contribution in [1.29, 1.82) is 5.26 Å². The van der Waals surface area contributed by atoms with E-state index in [1.807, 2.05) is 24.3 Å². The van der Waals surface area contributed by atoms with Gasteiger partial charge in [0.15, 0.2) is 0 Å². The summed E-state index contributed by atoms with van der Waals surface area (Å²) in [4.78, 5) is 4.83. The zero-order valence-electron chi connectivity index (χ0n) is 10.5. The third kappa shape index (κ3) is 3.38. The van der Waals surface area contributed by atoms with Crippen LogP contribution in [0.4, 0.5) is 5.69 Å². The van der Waals surface area contributed by atoms with Gasteiger partial charge in [0, 0.05) is 37.7 Å². The van der Waals surface area contributed by atoms with E-state index < -0.39 is 0 Å². The molecular weight excluding hydrogens is 246 g/mol. The summed E-state index contributed by atoms with van der Waals surface area (Å²) in [5.74, 6) is 0.746. The van der Waals surface area contributed by atoms with Crippen LogP contribution in [0.25, 0.3) is 0 Å². The zero-order valence-corrected chi connectivity index (χ0v) is 11.2. The molecule has 0 saturated carbocycles. The molecule has 18 heavy (non-hydrogen) atoms. The molecule has 1 aliphatic heterocycles. The number of benzene rings is 1. The summed E-state index contributed by atoms with van der Waals surface area (Å²) in [6.07, 6.45) is 1.07. The van der Waals surface area contributed by atoms with Crippen LogP contribution in [-0.2, 0) is 0 Å². The molecule has 2 rings (SSSR count). The van der Waals surface area contributed by atoms with E-state index in [-0.39, 0.29) is 0 Å². The summed E-state index contributed by atoms with van der Waals surface area (Å²) in [6.45, 7) is 5.39. The molecule has 1 aromatic rings. The Labute approximate surface area is 114 Å². The molecule has 0 radical (unpaired) electrons. The average molecular weight is 264 g/mol. The highest BCUT2D eigenvalue weighted by Gasteiger charge is 2.16. The Morgan fingerprint density at radius 3 is 2.33 bits per heavy atom. The maximum absolute atomic E-state index is 8.77. The maximum Gasteiger partial charge on any atom is 0.0991 e. The van der Waals surface area contributed by atoms with Gasteiger partial charge >= 0.3 is 0 Å². The fraction of sp³-hybridized carbons (Fsp3) is 0.500. The van der Waals surface area contributed by atoms with Crippen LogP contribution in [-0.4, -0.2) is 43.5 Å². The second-order valence-corrected chi connectivity index (χ2v) is 4.91. The van der Waals surface area contributed by atoms with Gasteiger partial charge in [-0.3, -0.25) is 4.90 Å². The van der Waals surface area contributed by atoms with Crippen LogP contribution < -0.4 is 4.90 Å². The first kappa shape index (κ1) is 13.2. The van der Waals surface area contributed by atoms with Gasteiger partial charge in [0.2, 0.25) is 0 Å². The summed E-state index contributed by atoms with van der Waals surface area (Å²) in [6, 6.07) is 9.99. The molecule has 1 saturated heterocycles. The smallest absolute Gasteiger partial charge is 0.0991 e. The van der Waals surface area contributed by atoms with Crippen molar-refractivity contribution in [3.8, 4) is 6.07 Å². The molecule has 0 N–H and O–H groups in total. The van der Waals surface area contributed by atoms with Gasteiger partial charge in [0.05, 0.1) is 11.6 Å². The standard InChI is InChI=1S/C14H18ClN3/c15-6-1-7-17-8-10-18(11-9-17)14-4-2-13(12-16)3-5-14/h2-5H,1,6-11H2. The maximum atomic E-state index is 8.77. The molecule has 1 fully saturated rings. The minimum Gasteiger partial charge on any atom is -0.369 e. The van der Waals surface area contributed by atoms with Gasteiger partial charge in [-0.25, -0.2) is 0 Å². The fourth-order valence-corrected chi connectivity index (χ4v) is 2.38. The molecule has 0 spiro atoms. The first-order valence-corrected chi connectivity index (χ1v) is 6.90. The zero-order chi connectivity index (χ0) is 12.8. The van der Waals surface area contributed by atoms with E-state index in [1.54, 1.807) is 0 Å². The molecule has 1 aromatic carbocycles. The Kier molecular flexibility index (Phi) is 4.86. The first-order chi connectivity index (χ1) is 8.83. The van der Waals surface area contributed by atoms with Crippen LogP contribution >= 0.6 is 11.6 Å². The predicted molar refractivity (Wildman–Crippen MR) is 75.1 cm³/mol. The monoisotopic (exact) mass is 263 g/mol. The Balaban J connectivity index is 1.87. The average Bonchev–Trinajstić information content (AvgIpc) is 2.46. The van der Waals surface area contributed by atoms with Crippen molar-refractivity contribution >= 4 is 17.3 Å². The highest BCUT2D eigenvalue weighted by atomic mass is 35.5. The highest BCUT2D eigenvalue weighted by Crippen LogP contribution is 2.17. The van der Waals surface area contributed by atoms with Crippen molar-refractivity contribution in [2.75, 3.05) is 43.5 Å². The third-order valence-corrected chi connectivity index (χ3v) is 3.61.